The van der Waals surface area contributed by atoms with Gasteiger partial charge in [0.15, 0.2) is 0 Å². The molecular weight excluding hydrogens is 366 g/mol. The number of hydrogen-bond acceptors (Lipinski definition) is 6. The summed E-state index contributed by atoms with van der Waals surface area (Å²) in [6, 6.07) is 11.2. The van der Waals surface area contributed by atoms with Crippen LogP contribution in [0, 0.1) is 0 Å². The van der Waals surface area contributed by atoms with Crippen molar-refractivity contribution in [1.29, 1.82) is 0 Å². The number of aromatic nitrogens is 1. The van der Waals surface area contributed by atoms with Gasteiger partial charge in [0.25, 0.3) is 0 Å². The molecule has 1 amide bonds. The Labute approximate surface area is 171 Å². The third-order valence-corrected chi connectivity index (χ3v) is 5.67. The summed E-state index contributed by atoms with van der Waals surface area (Å²) in [5.74, 6) is 1.27. The summed E-state index contributed by atoms with van der Waals surface area (Å²) in [6.07, 6.45) is 5.50. The highest BCUT2D eigenvalue weighted by Crippen LogP contribution is 2.20. The average Bonchev–Trinajstić information content (AvgIpc) is 2.76. The zero-order valence-corrected chi connectivity index (χ0v) is 16.8. The molecule has 7 heteroatoms. The first-order valence-electron chi connectivity index (χ1n) is 10.4. The molecule has 0 unspecified atom stereocenters. The highest BCUT2D eigenvalue weighted by molar-refractivity contribution is 5.92. The maximum Gasteiger partial charge on any atom is 0.238 e. The molecule has 0 saturated carbocycles. The predicted molar refractivity (Wildman–Crippen MR) is 116 cm³/mol. The van der Waals surface area contributed by atoms with E-state index in [1.807, 2.05) is 24.3 Å². The van der Waals surface area contributed by atoms with Crippen molar-refractivity contribution in [3.8, 4) is 5.75 Å². The lowest BCUT2D eigenvalue weighted by Gasteiger charge is -2.35. The molecule has 4 rings (SSSR count). The molecule has 0 radical (unpaired) electrons. The van der Waals surface area contributed by atoms with E-state index in [9.17, 15) is 9.90 Å². The van der Waals surface area contributed by atoms with Gasteiger partial charge in [-0.2, -0.15) is 0 Å². The molecular formula is C22H29N5O2. The van der Waals surface area contributed by atoms with E-state index in [0.717, 1.165) is 56.5 Å². The summed E-state index contributed by atoms with van der Waals surface area (Å²) in [4.78, 5) is 23.7. The number of nitrogens with zero attached hydrogens (tertiary/aromatic N) is 4. The molecule has 2 N–H and O–H groups in total. The van der Waals surface area contributed by atoms with E-state index in [1.165, 1.54) is 19.3 Å². The molecule has 0 spiro atoms. The number of carbonyl (C=O) groups is 1. The van der Waals surface area contributed by atoms with Gasteiger partial charge in [0.2, 0.25) is 5.91 Å². The van der Waals surface area contributed by atoms with Gasteiger partial charge in [-0.3, -0.25) is 9.69 Å². The molecule has 1 aromatic carbocycles. The Bertz CT molecular complexity index is 795. The predicted octanol–water partition coefficient (Wildman–Crippen LogP) is 2.54. The van der Waals surface area contributed by atoms with Gasteiger partial charge >= 0.3 is 0 Å². The van der Waals surface area contributed by atoms with Crippen molar-refractivity contribution in [1.82, 2.24) is 9.88 Å². The van der Waals surface area contributed by atoms with Gasteiger partial charge in [0.05, 0.1) is 18.4 Å². The molecule has 3 heterocycles. The third kappa shape index (κ3) is 5.17. The number of aromatic hydroxyl groups is 1. The number of piperidine rings is 1. The molecule has 7 nitrogen and oxygen atoms in total. The standard InChI is InChI=1S/C22H29N5O2/c28-20-7-5-19(6-8-20)26-14-12-25(13-15-26)17-22(29)24-18-4-9-21(23-16-18)27-10-2-1-3-11-27/h4-9,16,28H,1-3,10-15,17H2,(H,24,29). The van der Waals surface area contributed by atoms with Gasteiger partial charge in [-0.25, -0.2) is 4.98 Å². The van der Waals surface area contributed by atoms with E-state index in [-0.39, 0.29) is 11.7 Å². The van der Waals surface area contributed by atoms with E-state index in [2.05, 4.69) is 25.0 Å². The van der Waals surface area contributed by atoms with Crippen LogP contribution in [0.4, 0.5) is 17.2 Å². The second kappa shape index (κ2) is 9.13. The molecule has 154 valence electrons. The molecule has 2 aliphatic rings. The van der Waals surface area contributed by atoms with Crippen molar-refractivity contribution in [2.45, 2.75) is 19.3 Å². The fourth-order valence-electron chi connectivity index (χ4n) is 4.00. The van der Waals surface area contributed by atoms with E-state index in [0.29, 0.717) is 6.54 Å². The molecule has 2 aromatic rings. The van der Waals surface area contributed by atoms with E-state index >= 15 is 0 Å². The zero-order valence-electron chi connectivity index (χ0n) is 16.8. The maximum atomic E-state index is 12.4. The van der Waals surface area contributed by atoms with Crippen LogP contribution in [-0.4, -0.2) is 66.7 Å². The van der Waals surface area contributed by atoms with E-state index in [1.54, 1.807) is 18.3 Å². The fourth-order valence-corrected chi connectivity index (χ4v) is 4.00. The molecule has 0 aliphatic carbocycles. The van der Waals surface area contributed by atoms with Gasteiger partial charge < -0.3 is 20.2 Å². The van der Waals surface area contributed by atoms with Crippen LogP contribution in [-0.2, 0) is 4.79 Å². The van der Waals surface area contributed by atoms with Crippen LogP contribution < -0.4 is 15.1 Å². The minimum Gasteiger partial charge on any atom is -0.508 e. The number of phenols is 1. The topological polar surface area (TPSA) is 71.9 Å². The Morgan fingerprint density at radius 1 is 0.897 bits per heavy atom. The number of nitrogens with one attached hydrogen (secondary N) is 1. The number of piperazine rings is 1. The molecule has 29 heavy (non-hydrogen) atoms. The third-order valence-electron chi connectivity index (χ3n) is 5.67. The quantitative estimate of drug-likeness (QED) is 0.811. The molecule has 2 fully saturated rings. The van der Waals surface area contributed by atoms with Gasteiger partial charge in [-0.1, -0.05) is 0 Å². The molecule has 0 atom stereocenters. The Hall–Kier alpha value is -2.80. The first-order chi connectivity index (χ1) is 14.2. The SMILES string of the molecule is O=C(CN1CCN(c2ccc(O)cc2)CC1)Nc1ccc(N2CCCCC2)nc1. The largest absolute Gasteiger partial charge is 0.508 e. The first-order valence-corrected chi connectivity index (χ1v) is 10.4. The minimum absolute atomic E-state index is 0.00407. The van der Waals surface area contributed by atoms with Crippen LogP contribution in [0.5, 0.6) is 5.75 Å². The lowest BCUT2D eigenvalue weighted by molar-refractivity contribution is -0.117. The van der Waals surface area contributed by atoms with Crippen LogP contribution in [0.2, 0.25) is 0 Å². The Balaban J connectivity index is 1.23. The van der Waals surface area contributed by atoms with Crippen LogP contribution >= 0.6 is 0 Å². The summed E-state index contributed by atoms with van der Waals surface area (Å²) in [6.45, 7) is 5.91. The average molecular weight is 396 g/mol. The van der Waals surface area contributed by atoms with Crippen LogP contribution in [0.1, 0.15) is 19.3 Å². The van der Waals surface area contributed by atoms with Gasteiger partial charge in [0.1, 0.15) is 11.6 Å². The van der Waals surface area contributed by atoms with Crippen molar-refractivity contribution in [3.63, 3.8) is 0 Å². The Morgan fingerprint density at radius 2 is 1.62 bits per heavy atom. The van der Waals surface area contributed by atoms with E-state index < -0.39 is 0 Å². The number of phenolic OH excluding ortho intramolecular Hbond substituents is 1. The minimum atomic E-state index is -0.00407. The molecule has 0 bridgehead atoms. The van der Waals surface area contributed by atoms with Gasteiger partial charge in [0, 0.05) is 45.0 Å². The van der Waals surface area contributed by atoms with Crippen molar-refractivity contribution in [3.05, 3.63) is 42.6 Å². The van der Waals surface area contributed by atoms with Crippen molar-refractivity contribution in [2.24, 2.45) is 0 Å². The molecule has 1 aromatic heterocycles. The first kappa shape index (κ1) is 19.5. The summed E-state index contributed by atoms with van der Waals surface area (Å²) in [5.41, 5.74) is 1.85. The highest BCUT2D eigenvalue weighted by Gasteiger charge is 2.19. The maximum absolute atomic E-state index is 12.4. The number of carbonyl (C=O) groups excluding carboxylic acids is 1. The highest BCUT2D eigenvalue weighted by atomic mass is 16.3. The van der Waals surface area contributed by atoms with Gasteiger partial charge in [-0.15, -0.1) is 0 Å². The summed E-state index contributed by atoms with van der Waals surface area (Å²) < 4.78 is 0. The zero-order chi connectivity index (χ0) is 20.1. The van der Waals surface area contributed by atoms with Crippen LogP contribution in [0.25, 0.3) is 0 Å². The number of anilines is 3. The number of pyridine rings is 1. The van der Waals surface area contributed by atoms with Crippen molar-refractivity contribution >= 4 is 23.1 Å². The lowest BCUT2D eigenvalue weighted by atomic mass is 10.1. The number of benzene rings is 1. The normalized spacial score (nSPS) is 17.9. The van der Waals surface area contributed by atoms with Crippen LogP contribution in [0.15, 0.2) is 42.6 Å². The van der Waals surface area contributed by atoms with Crippen molar-refractivity contribution < 1.29 is 9.90 Å². The van der Waals surface area contributed by atoms with Crippen molar-refractivity contribution in [2.75, 3.05) is 60.9 Å². The smallest absolute Gasteiger partial charge is 0.238 e. The Kier molecular flexibility index (Phi) is 6.14. The number of amides is 1. The van der Waals surface area contributed by atoms with E-state index in [4.69, 9.17) is 0 Å². The fraction of sp³-hybridized carbons (Fsp3) is 0.455. The Morgan fingerprint density at radius 3 is 2.28 bits per heavy atom. The molecule has 2 aliphatic heterocycles. The number of hydrogen-bond donors (Lipinski definition) is 2. The molecule has 2 saturated heterocycles. The second-order valence-electron chi connectivity index (χ2n) is 7.78. The second-order valence-corrected chi connectivity index (χ2v) is 7.78. The summed E-state index contributed by atoms with van der Waals surface area (Å²) in [5, 5.41) is 12.4. The summed E-state index contributed by atoms with van der Waals surface area (Å²) >= 11 is 0. The summed E-state index contributed by atoms with van der Waals surface area (Å²) in [7, 11) is 0. The number of rotatable bonds is 5. The monoisotopic (exact) mass is 395 g/mol. The lowest BCUT2D eigenvalue weighted by Crippen LogP contribution is -2.48. The van der Waals surface area contributed by atoms with Gasteiger partial charge in [-0.05, 0) is 55.7 Å². The van der Waals surface area contributed by atoms with Crippen LogP contribution in [0.3, 0.4) is 0 Å².